The van der Waals surface area contributed by atoms with Gasteiger partial charge in [-0.1, -0.05) is 13.0 Å². The highest BCUT2D eigenvalue weighted by molar-refractivity contribution is 5.83. The Morgan fingerprint density at radius 3 is 2.62 bits per heavy atom. The fraction of sp³-hybridized carbons (Fsp3) is 0.370. The third kappa shape index (κ3) is 6.59. The number of anilines is 2. The fourth-order valence-corrected chi connectivity index (χ4v) is 4.33. The number of aromatic nitrogens is 5. The number of halogens is 2. The third-order valence-corrected chi connectivity index (χ3v) is 6.28. The number of carbonyl (C=O) groups excluding carboxylic acids is 1. The van der Waals surface area contributed by atoms with Crippen molar-refractivity contribution < 1.29 is 18.7 Å². The van der Waals surface area contributed by atoms with Crippen molar-refractivity contribution in [3.05, 3.63) is 59.7 Å². The van der Waals surface area contributed by atoms with E-state index in [1.807, 2.05) is 31.7 Å². The lowest BCUT2D eigenvalue weighted by atomic mass is 10.1. The number of pyridine rings is 1. The molecule has 0 unspecified atom stereocenters. The maximum atomic E-state index is 15.0. The molecular weight excluding hydrogens is 506 g/mol. The first-order valence-corrected chi connectivity index (χ1v) is 12.8. The monoisotopic (exact) mass is 538 g/mol. The van der Waals surface area contributed by atoms with Gasteiger partial charge in [-0.15, -0.1) is 0 Å². The van der Waals surface area contributed by atoms with Gasteiger partial charge in [0.2, 0.25) is 5.95 Å². The molecule has 206 valence electrons. The van der Waals surface area contributed by atoms with Gasteiger partial charge in [-0.05, 0) is 44.2 Å². The Labute approximate surface area is 225 Å². The highest BCUT2D eigenvalue weighted by atomic mass is 19.1. The standard InChI is InChI=1S/C27H32F2N8O2/c1-4-36(9-10-38)8-7-30-13-18-5-6-23(31-14-18)33-27-32-15-21(29)25(35-27)19-11-20(28)26-22(12-19)37(17(2)3)24(16-39)34-26/h5-6,10-12,14-15,17,30,39H,4,7-9,13,16H2,1-3H3,(H,31,32,33,35). The van der Waals surface area contributed by atoms with Crippen LogP contribution in [0.15, 0.2) is 36.7 Å². The molecule has 3 aromatic heterocycles. The van der Waals surface area contributed by atoms with Gasteiger partial charge in [0.05, 0.1) is 18.3 Å². The van der Waals surface area contributed by atoms with Crippen LogP contribution in [0.5, 0.6) is 0 Å². The molecule has 4 rings (SSSR count). The largest absolute Gasteiger partial charge is 0.388 e. The van der Waals surface area contributed by atoms with E-state index in [1.54, 1.807) is 22.9 Å². The van der Waals surface area contributed by atoms with E-state index < -0.39 is 11.6 Å². The minimum atomic E-state index is -0.707. The Bertz CT molecular complexity index is 1430. The number of fused-ring (bicyclic) bond motifs is 1. The van der Waals surface area contributed by atoms with Crippen molar-refractivity contribution in [2.45, 2.75) is 40.0 Å². The number of aliphatic hydroxyl groups excluding tert-OH is 1. The molecule has 0 saturated carbocycles. The van der Waals surface area contributed by atoms with Gasteiger partial charge in [0.15, 0.2) is 11.6 Å². The lowest BCUT2D eigenvalue weighted by molar-refractivity contribution is -0.108. The second-order valence-corrected chi connectivity index (χ2v) is 9.28. The van der Waals surface area contributed by atoms with Crippen LogP contribution in [0.4, 0.5) is 20.5 Å². The number of rotatable bonds is 13. The van der Waals surface area contributed by atoms with Gasteiger partial charge in [-0.2, -0.15) is 0 Å². The maximum absolute atomic E-state index is 15.0. The molecule has 0 amide bonds. The van der Waals surface area contributed by atoms with Crippen LogP contribution in [-0.2, 0) is 17.9 Å². The molecule has 10 nitrogen and oxygen atoms in total. The summed E-state index contributed by atoms with van der Waals surface area (Å²) in [5, 5.41) is 16.0. The summed E-state index contributed by atoms with van der Waals surface area (Å²) in [6, 6.07) is 6.34. The first-order chi connectivity index (χ1) is 18.8. The van der Waals surface area contributed by atoms with Gasteiger partial charge in [0.1, 0.15) is 35.7 Å². The highest BCUT2D eigenvalue weighted by Gasteiger charge is 2.19. The van der Waals surface area contributed by atoms with Gasteiger partial charge in [0.25, 0.3) is 0 Å². The molecule has 0 fully saturated rings. The number of carbonyl (C=O) groups is 1. The first-order valence-electron chi connectivity index (χ1n) is 12.8. The number of hydrogen-bond acceptors (Lipinski definition) is 9. The van der Waals surface area contributed by atoms with Crippen LogP contribution in [0.2, 0.25) is 0 Å². The third-order valence-electron chi connectivity index (χ3n) is 6.28. The average molecular weight is 539 g/mol. The number of imidazole rings is 1. The Kier molecular flexibility index (Phi) is 9.23. The number of nitrogens with one attached hydrogen (secondary N) is 2. The molecule has 0 aliphatic rings. The zero-order chi connectivity index (χ0) is 27.9. The van der Waals surface area contributed by atoms with Crippen molar-refractivity contribution in [3.8, 4) is 11.3 Å². The molecule has 4 aromatic rings. The predicted octanol–water partition coefficient (Wildman–Crippen LogP) is 3.59. The summed E-state index contributed by atoms with van der Waals surface area (Å²) < 4.78 is 31.5. The van der Waals surface area contributed by atoms with Crippen LogP contribution in [0, 0.1) is 11.6 Å². The molecule has 0 spiro atoms. The van der Waals surface area contributed by atoms with Gasteiger partial charge in [0, 0.05) is 37.4 Å². The van der Waals surface area contributed by atoms with E-state index in [2.05, 4.69) is 30.6 Å². The molecule has 12 heteroatoms. The first kappa shape index (κ1) is 28.1. The van der Waals surface area contributed by atoms with Crippen molar-refractivity contribution in [1.29, 1.82) is 0 Å². The molecule has 0 aliphatic heterocycles. The van der Waals surface area contributed by atoms with Gasteiger partial charge < -0.3 is 25.1 Å². The second kappa shape index (κ2) is 12.8. The fourth-order valence-electron chi connectivity index (χ4n) is 4.33. The van der Waals surface area contributed by atoms with E-state index in [-0.39, 0.29) is 35.4 Å². The van der Waals surface area contributed by atoms with Crippen molar-refractivity contribution in [2.75, 3.05) is 31.5 Å². The van der Waals surface area contributed by atoms with E-state index in [0.29, 0.717) is 30.2 Å². The molecule has 0 bridgehead atoms. The summed E-state index contributed by atoms with van der Waals surface area (Å²) >= 11 is 0. The topological polar surface area (TPSA) is 121 Å². The number of hydrogen-bond donors (Lipinski definition) is 3. The summed E-state index contributed by atoms with van der Waals surface area (Å²) in [7, 11) is 0. The van der Waals surface area contributed by atoms with E-state index in [4.69, 9.17) is 0 Å². The summed E-state index contributed by atoms with van der Waals surface area (Å²) in [6.07, 6.45) is 3.63. The minimum absolute atomic E-state index is 0.0770. The van der Waals surface area contributed by atoms with Crippen LogP contribution < -0.4 is 10.6 Å². The van der Waals surface area contributed by atoms with Gasteiger partial charge in [-0.3, -0.25) is 4.90 Å². The van der Waals surface area contributed by atoms with E-state index in [0.717, 1.165) is 37.7 Å². The van der Waals surface area contributed by atoms with Crippen molar-refractivity contribution >= 4 is 29.1 Å². The highest BCUT2D eigenvalue weighted by Crippen LogP contribution is 2.30. The molecule has 0 saturated heterocycles. The smallest absolute Gasteiger partial charge is 0.229 e. The summed E-state index contributed by atoms with van der Waals surface area (Å²) in [5.41, 5.74) is 1.65. The number of likely N-dealkylation sites (N-methyl/N-ethyl adjacent to an activating group) is 1. The van der Waals surface area contributed by atoms with E-state index >= 15 is 0 Å². The SMILES string of the molecule is CCN(CC=O)CCNCc1ccc(Nc2ncc(F)c(-c3cc(F)c4nc(CO)n(C(C)C)c4c3)n2)nc1. The number of nitrogens with zero attached hydrogens (tertiary/aromatic N) is 6. The van der Waals surface area contributed by atoms with Crippen molar-refractivity contribution in [2.24, 2.45) is 0 Å². The van der Waals surface area contributed by atoms with Crippen LogP contribution >= 0.6 is 0 Å². The lowest BCUT2D eigenvalue weighted by Gasteiger charge is -2.17. The van der Waals surface area contributed by atoms with Crippen LogP contribution in [0.25, 0.3) is 22.3 Å². The van der Waals surface area contributed by atoms with Crippen molar-refractivity contribution in [3.63, 3.8) is 0 Å². The molecule has 0 aliphatic carbocycles. The van der Waals surface area contributed by atoms with E-state index in [9.17, 15) is 18.7 Å². The zero-order valence-electron chi connectivity index (χ0n) is 22.2. The molecule has 0 atom stereocenters. The molecule has 3 heterocycles. The van der Waals surface area contributed by atoms with Gasteiger partial charge in [-0.25, -0.2) is 28.7 Å². The number of benzene rings is 1. The Balaban J connectivity index is 1.49. The number of aliphatic hydroxyl groups is 1. The molecule has 0 radical (unpaired) electrons. The Morgan fingerprint density at radius 2 is 1.95 bits per heavy atom. The van der Waals surface area contributed by atoms with Gasteiger partial charge >= 0.3 is 0 Å². The summed E-state index contributed by atoms with van der Waals surface area (Å²) in [6.45, 7) is 8.80. The van der Waals surface area contributed by atoms with Crippen molar-refractivity contribution in [1.82, 2.24) is 34.7 Å². The predicted molar refractivity (Wildman–Crippen MR) is 144 cm³/mol. The molecule has 3 N–H and O–H groups in total. The summed E-state index contributed by atoms with van der Waals surface area (Å²) in [5.74, 6) is -0.449. The lowest BCUT2D eigenvalue weighted by Crippen LogP contribution is -2.33. The average Bonchev–Trinajstić information content (AvgIpc) is 3.32. The molecule has 1 aromatic carbocycles. The molecular formula is C27H32F2N8O2. The summed E-state index contributed by atoms with van der Waals surface area (Å²) in [4.78, 5) is 29.6. The zero-order valence-corrected chi connectivity index (χ0v) is 22.2. The van der Waals surface area contributed by atoms with Crippen LogP contribution in [-0.4, -0.2) is 67.0 Å². The second-order valence-electron chi connectivity index (χ2n) is 9.28. The minimum Gasteiger partial charge on any atom is -0.388 e. The Morgan fingerprint density at radius 1 is 1.13 bits per heavy atom. The maximum Gasteiger partial charge on any atom is 0.229 e. The Hall–Kier alpha value is -3.87. The normalized spacial score (nSPS) is 11.6. The molecule has 39 heavy (non-hydrogen) atoms. The quantitative estimate of drug-likeness (QED) is 0.173. The van der Waals surface area contributed by atoms with E-state index in [1.165, 1.54) is 6.07 Å². The van der Waals surface area contributed by atoms with Crippen LogP contribution in [0.3, 0.4) is 0 Å². The van der Waals surface area contributed by atoms with Crippen LogP contribution in [0.1, 0.15) is 38.2 Å². The number of aldehydes is 1.